The van der Waals surface area contributed by atoms with Gasteiger partial charge in [0.15, 0.2) is 24.0 Å². The summed E-state index contributed by atoms with van der Waals surface area (Å²) in [4.78, 5) is 23.3. The van der Waals surface area contributed by atoms with Crippen molar-refractivity contribution in [3.63, 3.8) is 0 Å². The Hall–Kier alpha value is -2.73. The molecule has 23 heavy (non-hydrogen) atoms. The van der Waals surface area contributed by atoms with Crippen LogP contribution in [-0.4, -0.2) is 30.6 Å². The molecule has 0 aliphatic rings. The molecule has 0 bridgehead atoms. The van der Waals surface area contributed by atoms with E-state index in [0.717, 1.165) is 0 Å². The predicted molar refractivity (Wildman–Crippen MR) is 80.3 cm³/mol. The summed E-state index contributed by atoms with van der Waals surface area (Å²) < 4.78 is 23.5. The first-order valence-electron chi connectivity index (χ1n) is 6.78. The van der Waals surface area contributed by atoms with E-state index in [9.17, 15) is 14.0 Å². The van der Waals surface area contributed by atoms with Gasteiger partial charge in [-0.05, 0) is 29.8 Å². The number of benzene rings is 2. The summed E-state index contributed by atoms with van der Waals surface area (Å²) in [6.45, 7) is -0.281. The zero-order chi connectivity index (χ0) is 16.8. The number of para-hydroxylation sites is 1. The Morgan fingerprint density at radius 2 is 1.91 bits per heavy atom. The first-order valence-corrected chi connectivity index (χ1v) is 6.78. The van der Waals surface area contributed by atoms with Gasteiger partial charge in [0.25, 0.3) is 0 Å². The lowest BCUT2D eigenvalue weighted by atomic mass is 10.0. The second-order valence-electron chi connectivity index (χ2n) is 4.75. The molecule has 0 saturated carbocycles. The standard InChI is InChI=1S/C17H15FO5/c1-22-9-12-8-11(6-7-13(12)17(20)21)15(19)10-23-16-5-3-2-4-14(16)18/h2-8H,9-10H2,1H3,(H,20,21). The fourth-order valence-electron chi connectivity index (χ4n) is 2.04. The van der Waals surface area contributed by atoms with Crippen molar-refractivity contribution in [3.05, 3.63) is 65.0 Å². The molecule has 0 fully saturated rings. The third-order valence-electron chi connectivity index (χ3n) is 3.15. The van der Waals surface area contributed by atoms with E-state index in [4.69, 9.17) is 14.6 Å². The minimum absolute atomic E-state index is 0.0138. The Kier molecular flexibility index (Phi) is 5.43. The summed E-state index contributed by atoms with van der Waals surface area (Å²) in [6.07, 6.45) is 0. The topological polar surface area (TPSA) is 72.8 Å². The fourth-order valence-corrected chi connectivity index (χ4v) is 2.04. The minimum Gasteiger partial charge on any atom is -0.482 e. The first kappa shape index (κ1) is 16.6. The Bertz CT molecular complexity index is 727. The Balaban J connectivity index is 2.14. The molecule has 0 aromatic heterocycles. The Morgan fingerprint density at radius 3 is 2.57 bits per heavy atom. The van der Waals surface area contributed by atoms with Crippen LogP contribution in [0.3, 0.4) is 0 Å². The van der Waals surface area contributed by atoms with E-state index in [2.05, 4.69) is 0 Å². The number of ether oxygens (including phenoxy) is 2. The zero-order valence-electron chi connectivity index (χ0n) is 12.4. The van der Waals surface area contributed by atoms with Crippen LogP contribution >= 0.6 is 0 Å². The first-order chi connectivity index (χ1) is 11.0. The lowest BCUT2D eigenvalue weighted by molar-refractivity contribution is 0.0691. The van der Waals surface area contributed by atoms with Gasteiger partial charge in [-0.2, -0.15) is 0 Å². The maximum absolute atomic E-state index is 13.4. The lowest BCUT2D eigenvalue weighted by Crippen LogP contribution is -2.14. The molecule has 0 heterocycles. The summed E-state index contributed by atoms with van der Waals surface area (Å²) in [5.41, 5.74) is 0.730. The molecule has 0 aliphatic heterocycles. The van der Waals surface area contributed by atoms with Crippen molar-refractivity contribution >= 4 is 11.8 Å². The molecule has 2 rings (SSSR count). The number of carboxylic acids is 1. The van der Waals surface area contributed by atoms with Crippen LogP contribution in [0, 0.1) is 5.82 Å². The summed E-state index contributed by atoms with van der Waals surface area (Å²) >= 11 is 0. The van der Waals surface area contributed by atoms with Crippen LogP contribution in [-0.2, 0) is 11.3 Å². The third-order valence-corrected chi connectivity index (χ3v) is 3.15. The summed E-state index contributed by atoms with van der Waals surface area (Å²) in [5.74, 6) is -2.05. The monoisotopic (exact) mass is 318 g/mol. The molecule has 0 spiro atoms. The van der Waals surface area contributed by atoms with E-state index in [0.29, 0.717) is 5.56 Å². The largest absolute Gasteiger partial charge is 0.482 e. The van der Waals surface area contributed by atoms with Gasteiger partial charge in [-0.1, -0.05) is 18.2 Å². The molecule has 0 aliphatic carbocycles. The number of rotatable bonds is 7. The number of carbonyl (C=O) groups excluding carboxylic acids is 1. The lowest BCUT2D eigenvalue weighted by Gasteiger charge is -2.09. The van der Waals surface area contributed by atoms with Gasteiger partial charge in [0, 0.05) is 12.7 Å². The highest BCUT2D eigenvalue weighted by Crippen LogP contribution is 2.17. The van der Waals surface area contributed by atoms with Crippen LogP contribution in [0.15, 0.2) is 42.5 Å². The van der Waals surface area contributed by atoms with Crippen LogP contribution in [0.25, 0.3) is 0 Å². The van der Waals surface area contributed by atoms with Crippen molar-refractivity contribution in [2.75, 3.05) is 13.7 Å². The highest BCUT2D eigenvalue weighted by Gasteiger charge is 2.15. The van der Waals surface area contributed by atoms with E-state index in [1.165, 1.54) is 43.5 Å². The van der Waals surface area contributed by atoms with E-state index < -0.39 is 11.8 Å². The van der Waals surface area contributed by atoms with Crippen molar-refractivity contribution in [2.45, 2.75) is 6.61 Å². The van der Waals surface area contributed by atoms with Gasteiger partial charge in [0.2, 0.25) is 0 Å². The number of hydrogen-bond donors (Lipinski definition) is 1. The van der Waals surface area contributed by atoms with Gasteiger partial charge in [0.1, 0.15) is 0 Å². The third kappa shape index (κ3) is 4.14. The number of halogens is 1. The number of carboxylic acid groups (broad SMARTS) is 1. The molecule has 5 nitrogen and oxygen atoms in total. The summed E-state index contributed by atoms with van der Waals surface area (Å²) in [7, 11) is 1.43. The van der Waals surface area contributed by atoms with Crippen molar-refractivity contribution in [1.82, 2.24) is 0 Å². The highest BCUT2D eigenvalue weighted by atomic mass is 19.1. The van der Waals surface area contributed by atoms with Crippen LogP contribution in [0.1, 0.15) is 26.3 Å². The van der Waals surface area contributed by atoms with E-state index in [1.54, 1.807) is 6.07 Å². The second kappa shape index (κ2) is 7.51. The number of carbonyl (C=O) groups is 2. The van der Waals surface area contributed by atoms with E-state index in [1.807, 2.05) is 0 Å². The molecule has 1 N–H and O–H groups in total. The molecule has 0 saturated heterocycles. The number of ketones is 1. The molecule has 120 valence electrons. The molecule has 0 atom stereocenters. The van der Waals surface area contributed by atoms with Gasteiger partial charge >= 0.3 is 5.97 Å². The van der Waals surface area contributed by atoms with Crippen LogP contribution < -0.4 is 4.74 Å². The fraction of sp³-hybridized carbons (Fsp3) is 0.176. The maximum Gasteiger partial charge on any atom is 0.336 e. The van der Waals surface area contributed by atoms with Crippen molar-refractivity contribution < 1.29 is 28.6 Å². The van der Waals surface area contributed by atoms with Crippen molar-refractivity contribution in [2.24, 2.45) is 0 Å². The van der Waals surface area contributed by atoms with Gasteiger partial charge in [-0.25, -0.2) is 9.18 Å². The van der Waals surface area contributed by atoms with E-state index >= 15 is 0 Å². The number of Topliss-reactive ketones (excluding diaryl/α,β-unsaturated/α-hetero) is 1. The average Bonchev–Trinajstić information content (AvgIpc) is 2.54. The number of aromatic carboxylic acids is 1. The van der Waals surface area contributed by atoms with Gasteiger partial charge in [0.05, 0.1) is 12.2 Å². The van der Waals surface area contributed by atoms with E-state index in [-0.39, 0.29) is 35.9 Å². The number of hydrogen-bond acceptors (Lipinski definition) is 4. The van der Waals surface area contributed by atoms with Gasteiger partial charge in [-0.15, -0.1) is 0 Å². The summed E-state index contributed by atoms with van der Waals surface area (Å²) in [5, 5.41) is 9.10. The second-order valence-corrected chi connectivity index (χ2v) is 4.75. The molecule has 2 aromatic rings. The maximum atomic E-state index is 13.4. The number of methoxy groups -OCH3 is 1. The minimum atomic E-state index is -1.10. The van der Waals surface area contributed by atoms with Gasteiger partial charge in [-0.3, -0.25) is 4.79 Å². The molecule has 0 unspecified atom stereocenters. The smallest absolute Gasteiger partial charge is 0.336 e. The predicted octanol–water partition coefficient (Wildman–Crippen LogP) is 2.93. The van der Waals surface area contributed by atoms with Crippen molar-refractivity contribution in [1.29, 1.82) is 0 Å². The van der Waals surface area contributed by atoms with Crippen LogP contribution in [0.2, 0.25) is 0 Å². The Morgan fingerprint density at radius 1 is 1.17 bits per heavy atom. The van der Waals surface area contributed by atoms with Crippen LogP contribution in [0.4, 0.5) is 4.39 Å². The molecule has 6 heteroatoms. The van der Waals surface area contributed by atoms with Crippen molar-refractivity contribution in [3.8, 4) is 5.75 Å². The Labute approximate surface area is 132 Å². The van der Waals surface area contributed by atoms with Crippen LogP contribution in [0.5, 0.6) is 5.75 Å². The molecule has 0 radical (unpaired) electrons. The molecular formula is C17H15FO5. The highest BCUT2D eigenvalue weighted by molar-refractivity contribution is 5.99. The average molecular weight is 318 g/mol. The summed E-state index contributed by atoms with van der Waals surface area (Å²) in [6, 6.07) is 9.96. The molecule has 0 amide bonds. The van der Waals surface area contributed by atoms with Gasteiger partial charge < -0.3 is 14.6 Å². The normalized spacial score (nSPS) is 10.3. The molecular weight excluding hydrogens is 303 g/mol. The SMILES string of the molecule is COCc1cc(C(=O)COc2ccccc2F)ccc1C(=O)O. The quantitative estimate of drug-likeness (QED) is 0.795. The zero-order valence-corrected chi connectivity index (χ0v) is 12.4. The molecule has 2 aromatic carbocycles.